The number of para-hydroxylation sites is 2. The van der Waals surface area contributed by atoms with Gasteiger partial charge in [0.1, 0.15) is 0 Å². The molecule has 0 bridgehead atoms. The summed E-state index contributed by atoms with van der Waals surface area (Å²) >= 11 is 0. The number of aromatic nitrogens is 5. The van der Waals surface area contributed by atoms with Gasteiger partial charge in [0.05, 0.1) is 68.6 Å². The van der Waals surface area contributed by atoms with E-state index in [1.54, 1.807) is 36.4 Å². The van der Waals surface area contributed by atoms with Crippen LogP contribution in [0, 0.1) is 45.3 Å². The van der Waals surface area contributed by atoms with E-state index in [0.29, 0.717) is 50.9 Å². The molecule has 70 heavy (non-hydrogen) atoms. The summed E-state index contributed by atoms with van der Waals surface area (Å²) in [5.74, 6) is 1.55. The van der Waals surface area contributed by atoms with Crippen LogP contribution in [0.2, 0.25) is 0 Å². The first kappa shape index (κ1) is 41.0. The summed E-state index contributed by atoms with van der Waals surface area (Å²) in [6, 6.07) is 74.6. The van der Waals surface area contributed by atoms with E-state index < -0.39 is 0 Å². The predicted octanol–water partition coefficient (Wildman–Crippen LogP) is 13.9. The summed E-state index contributed by atoms with van der Waals surface area (Å²) in [6.45, 7) is 0. The molecule has 0 atom stereocenters. The number of hydrogen-bond donors (Lipinski definition) is 0. The van der Waals surface area contributed by atoms with Gasteiger partial charge < -0.3 is 9.13 Å². The Morgan fingerprint density at radius 1 is 0.286 bits per heavy atom. The Morgan fingerprint density at radius 3 is 1.04 bits per heavy atom. The lowest BCUT2D eigenvalue weighted by Gasteiger charge is -2.16. The molecule has 0 fully saturated rings. The molecule has 9 nitrogen and oxygen atoms in total. The maximum atomic E-state index is 10.2. The molecule has 0 saturated heterocycles. The summed E-state index contributed by atoms with van der Waals surface area (Å²) in [5.41, 5.74) is 12.3. The van der Waals surface area contributed by atoms with Gasteiger partial charge in [0.25, 0.3) is 0 Å². The van der Waals surface area contributed by atoms with E-state index in [-0.39, 0.29) is 0 Å². The van der Waals surface area contributed by atoms with Crippen LogP contribution in [0.25, 0.3) is 111 Å². The van der Waals surface area contributed by atoms with Gasteiger partial charge in [-0.3, -0.25) is 0 Å². The highest BCUT2D eigenvalue weighted by Gasteiger charge is 2.22. The zero-order chi connectivity index (χ0) is 47.3. The van der Waals surface area contributed by atoms with E-state index in [1.807, 2.05) is 97.1 Å². The molecule has 0 aliphatic rings. The molecular formula is C61H33N9. The first-order valence-electron chi connectivity index (χ1n) is 22.5. The second-order valence-corrected chi connectivity index (χ2v) is 16.8. The van der Waals surface area contributed by atoms with Crippen molar-refractivity contribution in [1.29, 1.82) is 21.0 Å². The van der Waals surface area contributed by atoms with Crippen molar-refractivity contribution < 1.29 is 0 Å². The number of nitriles is 4. The molecule has 0 spiro atoms. The lowest BCUT2D eigenvalue weighted by Crippen LogP contribution is -2.03. The second kappa shape index (κ2) is 16.8. The maximum absolute atomic E-state index is 10.2. The number of nitrogens with zero attached hydrogens (tertiary/aromatic N) is 9. The Balaban J connectivity index is 1.16. The largest absolute Gasteiger partial charge is 0.309 e. The molecule has 12 aromatic rings. The number of fused-ring (bicyclic) bond motifs is 6. The van der Waals surface area contributed by atoms with Crippen LogP contribution >= 0.6 is 0 Å². The topological polar surface area (TPSA) is 144 Å². The molecule has 9 aromatic carbocycles. The highest BCUT2D eigenvalue weighted by Crippen LogP contribution is 2.41. The summed E-state index contributed by atoms with van der Waals surface area (Å²) < 4.78 is 4.49. The normalized spacial score (nSPS) is 11.1. The standard InChI is InChI=1S/C61H33N9/c62-34-42-17-11-18-43(35-63)57(42)40-25-27-55-51(31-40)49-21-7-9-23-53(49)69(55)47-29-46(61-67-59(38-13-3-1-4-14-38)66-60(68-61)39-15-5-2-6-16-39)30-48(33-47)70-54-24-10-8-22-50(54)52-32-41(26-28-56(52)70)58-44(36-64)19-12-20-45(58)37-65/h1-33H. The van der Waals surface area contributed by atoms with Crippen LogP contribution in [0.4, 0.5) is 0 Å². The van der Waals surface area contributed by atoms with Gasteiger partial charge in [0, 0.05) is 60.7 Å². The molecule has 0 aliphatic carbocycles. The molecule has 322 valence electrons. The Hall–Kier alpha value is -10.5. The molecule has 12 rings (SSSR count). The van der Waals surface area contributed by atoms with Crippen molar-refractivity contribution in [3.05, 3.63) is 222 Å². The number of benzene rings is 9. The third-order valence-corrected chi connectivity index (χ3v) is 12.9. The van der Waals surface area contributed by atoms with E-state index in [0.717, 1.165) is 82.8 Å². The Kier molecular flexibility index (Phi) is 9.82. The quantitative estimate of drug-likeness (QED) is 0.155. The average molecular weight is 892 g/mol. The van der Waals surface area contributed by atoms with Crippen LogP contribution in [-0.4, -0.2) is 24.1 Å². The smallest absolute Gasteiger partial charge is 0.164 e. The number of rotatable bonds is 7. The van der Waals surface area contributed by atoms with E-state index >= 15 is 0 Å². The first-order valence-corrected chi connectivity index (χ1v) is 22.5. The van der Waals surface area contributed by atoms with Gasteiger partial charge in [-0.1, -0.05) is 121 Å². The third kappa shape index (κ3) is 6.72. The first-order chi connectivity index (χ1) is 34.5. The van der Waals surface area contributed by atoms with Crippen LogP contribution in [0.1, 0.15) is 22.3 Å². The monoisotopic (exact) mass is 891 g/mol. The van der Waals surface area contributed by atoms with E-state index in [9.17, 15) is 21.0 Å². The number of hydrogen-bond acceptors (Lipinski definition) is 7. The molecule has 0 amide bonds. The highest BCUT2D eigenvalue weighted by atomic mass is 15.0. The lowest BCUT2D eigenvalue weighted by atomic mass is 9.94. The van der Waals surface area contributed by atoms with Crippen molar-refractivity contribution in [3.8, 4) is 92.1 Å². The molecule has 3 heterocycles. The van der Waals surface area contributed by atoms with Crippen molar-refractivity contribution in [2.45, 2.75) is 0 Å². The maximum Gasteiger partial charge on any atom is 0.164 e. The minimum Gasteiger partial charge on any atom is -0.309 e. The molecule has 0 radical (unpaired) electrons. The van der Waals surface area contributed by atoms with Gasteiger partial charge in [0.15, 0.2) is 17.5 Å². The van der Waals surface area contributed by atoms with Gasteiger partial charge in [-0.2, -0.15) is 21.0 Å². The van der Waals surface area contributed by atoms with E-state index in [1.165, 1.54) is 0 Å². The fourth-order valence-corrected chi connectivity index (χ4v) is 9.83. The second-order valence-electron chi connectivity index (χ2n) is 16.8. The van der Waals surface area contributed by atoms with Crippen molar-refractivity contribution in [2.24, 2.45) is 0 Å². The van der Waals surface area contributed by atoms with E-state index in [4.69, 9.17) is 15.0 Å². The van der Waals surface area contributed by atoms with E-state index in [2.05, 4.69) is 100 Å². The van der Waals surface area contributed by atoms with Crippen molar-refractivity contribution in [1.82, 2.24) is 24.1 Å². The van der Waals surface area contributed by atoms with Crippen molar-refractivity contribution in [3.63, 3.8) is 0 Å². The minimum absolute atomic E-state index is 0.430. The zero-order valence-corrected chi connectivity index (χ0v) is 37.1. The molecule has 0 aliphatic heterocycles. The molecule has 3 aromatic heterocycles. The fraction of sp³-hybridized carbons (Fsp3) is 0. The Labute approximate surface area is 401 Å². The summed E-state index contributed by atoms with van der Waals surface area (Å²) in [6.07, 6.45) is 0. The minimum atomic E-state index is 0.430. The van der Waals surface area contributed by atoms with Gasteiger partial charge in [-0.15, -0.1) is 0 Å². The van der Waals surface area contributed by atoms with Gasteiger partial charge in [-0.05, 0) is 90.0 Å². The summed E-state index contributed by atoms with van der Waals surface area (Å²) in [7, 11) is 0. The van der Waals surface area contributed by atoms with Gasteiger partial charge in [-0.25, -0.2) is 15.0 Å². The zero-order valence-electron chi connectivity index (χ0n) is 37.1. The van der Waals surface area contributed by atoms with Crippen LogP contribution in [0.5, 0.6) is 0 Å². The van der Waals surface area contributed by atoms with Crippen LogP contribution in [0.15, 0.2) is 200 Å². The van der Waals surface area contributed by atoms with Gasteiger partial charge >= 0.3 is 0 Å². The van der Waals surface area contributed by atoms with Crippen LogP contribution in [0.3, 0.4) is 0 Å². The molecule has 0 N–H and O–H groups in total. The molecule has 0 unspecified atom stereocenters. The Morgan fingerprint density at radius 2 is 0.643 bits per heavy atom. The third-order valence-electron chi connectivity index (χ3n) is 12.9. The SMILES string of the molecule is N#Cc1cccc(C#N)c1-c1ccc2c(c1)c1ccccc1n2-c1cc(-c2nc(-c3ccccc3)nc(-c3ccccc3)n2)cc(-n2c3ccccc3c3cc(-c4c(C#N)cccc4C#N)ccc32)c1. The molecule has 0 saturated carbocycles. The average Bonchev–Trinajstić information content (AvgIpc) is 3.95. The van der Waals surface area contributed by atoms with Gasteiger partial charge in [0.2, 0.25) is 0 Å². The Bertz CT molecular complexity index is 3960. The summed E-state index contributed by atoms with van der Waals surface area (Å²) in [5, 5.41) is 44.5. The fourth-order valence-electron chi connectivity index (χ4n) is 9.83. The summed E-state index contributed by atoms with van der Waals surface area (Å²) in [4.78, 5) is 15.4. The van der Waals surface area contributed by atoms with Crippen molar-refractivity contribution >= 4 is 43.6 Å². The lowest BCUT2D eigenvalue weighted by molar-refractivity contribution is 1.07. The van der Waals surface area contributed by atoms with Crippen molar-refractivity contribution in [2.75, 3.05) is 0 Å². The highest BCUT2D eigenvalue weighted by molar-refractivity contribution is 6.12. The predicted molar refractivity (Wildman–Crippen MR) is 275 cm³/mol. The van der Waals surface area contributed by atoms with Crippen LogP contribution < -0.4 is 0 Å². The molecular weight excluding hydrogens is 859 g/mol. The molecule has 9 heteroatoms. The van der Waals surface area contributed by atoms with Crippen LogP contribution in [-0.2, 0) is 0 Å².